The molecule has 0 amide bonds. The molecule has 0 radical (unpaired) electrons. The van der Waals surface area contributed by atoms with Crippen LogP contribution in [-0.2, 0) is 4.79 Å². The van der Waals surface area contributed by atoms with Gasteiger partial charge in [-0.15, -0.1) is 0 Å². The van der Waals surface area contributed by atoms with Gasteiger partial charge in [0.2, 0.25) is 0 Å². The minimum Gasteiger partial charge on any atom is -0.550 e. The molecule has 0 heterocycles. The summed E-state index contributed by atoms with van der Waals surface area (Å²) < 4.78 is 0. The maximum Gasteiger partial charge on any atom is 1.00 e. The van der Waals surface area contributed by atoms with Gasteiger partial charge in [0.25, 0.3) is 0 Å². The van der Waals surface area contributed by atoms with Gasteiger partial charge in [0, 0.05) is 12.4 Å². The summed E-state index contributed by atoms with van der Waals surface area (Å²) in [4.78, 5) is 9.64. The summed E-state index contributed by atoms with van der Waals surface area (Å²) in [6, 6.07) is 0. The summed E-state index contributed by atoms with van der Waals surface area (Å²) >= 11 is 0. The Hall–Kier alpha value is 0.846. The fourth-order valence-electron chi connectivity index (χ4n) is 0.246. The molecule has 40 valence electrons. The zero-order valence-electron chi connectivity index (χ0n) is 5.23. The van der Waals surface area contributed by atoms with Crippen LogP contribution in [0.15, 0.2) is 12.2 Å². The van der Waals surface area contributed by atoms with E-state index in [1.165, 1.54) is 0 Å². The molecule has 0 saturated heterocycles. The van der Waals surface area contributed by atoms with E-state index >= 15 is 0 Å². The summed E-state index contributed by atoms with van der Waals surface area (Å²) in [7, 11) is 0. The van der Waals surface area contributed by atoms with Crippen molar-refractivity contribution >= 4 is 5.97 Å². The maximum absolute atomic E-state index is 9.64. The molecule has 2 nitrogen and oxygen atoms in total. The fraction of sp³-hybridized carbons (Fsp3) is 0.400. The van der Waals surface area contributed by atoms with Gasteiger partial charge in [0.15, 0.2) is 0 Å². The Balaban J connectivity index is 0. The van der Waals surface area contributed by atoms with Crippen molar-refractivity contribution in [3.63, 3.8) is 0 Å². The summed E-state index contributed by atoms with van der Waals surface area (Å²) in [5.41, 5.74) is 0.625. The van der Waals surface area contributed by atoms with E-state index in [1.54, 1.807) is 6.92 Å². The zero-order valence-corrected chi connectivity index (χ0v) is 8.35. The molecule has 0 aromatic heterocycles. The first kappa shape index (κ1) is 11.6. The van der Waals surface area contributed by atoms with Crippen LogP contribution < -0.4 is 56.5 Å². The molecule has 0 spiro atoms. The van der Waals surface area contributed by atoms with Crippen molar-refractivity contribution in [1.82, 2.24) is 0 Å². The normalized spacial score (nSPS) is 7.12. The van der Waals surface area contributed by atoms with Crippen molar-refractivity contribution in [1.29, 1.82) is 0 Å². The van der Waals surface area contributed by atoms with Crippen LogP contribution in [0.1, 0.15) is 13.3 Å². The van der Waals surface area contributed by atoms with Crippen LogP contribution in [0.2, 0.25) is 0 Å². The molecule has 0 aromatic carbocycles. The second-order valence-electron chi connectivity index (χ2n) is 1.51. The van der Waals surface area contributed by atoms with Crippen LogP contribution in [0.25, 0.3) is 0 Å². The third-order valence-electron chi connectivity index (χ3n) is 0.446. The number of carbonyl (C=O) groups is 1. The van der Waals surface area contributed by atoms with E-state index in [9.17, 15) is 9.90 Å². The molecule has 0 rings (SSSR count). The van der Waals surface area contributed by atoms with Gasteiger partial charge >= 0.3 is 51.4 Å². The van der Waals surface area contributed by atoms with Crippen molar-refractivity contribution in [2.24, 2.45) is 0 Å². The Labute approximate surface area is 91.4 Å². The summed E-state index contributed by atoms with van der Waals surface area (Å²) in [6.07, 6.45) is -0.0278. The van der Waals surface area contributed by atoms with Crippen LogP contribution in [0.5, 0.6) is 0 Å². The van der Waals surface area contributed by atoms with Gasteiger partial charge in [-0.2, -0.15) is 0 Å². The molecular weight excluding hydrogens is 131 g/mol. The third-order valence-corrected chi connectivity index (χ3v) is 0.446. The predicted octanol–water partition coefficient (Wildman–Crippen LogP) is -3.29. The molecule has 0 saturated carbocycles. The third kappa shape index (κ3) is 9.96. The van der Waals surface area contributed by atoms with Gasteiger partial charge in [-0.25, -0.2) is 0 Å². The van der Waals surface area contributed by atoms with E-state index < -0.39 is 5.97 Å². The van der Waals surface area contributed by atoms with E-state index in [-0.39, 0.29) is 57.8 Å². The number of carbonyl (C=O) groups excluding carboxylic acids is 1. The second kappa shape index (κ2) is 5.97. The van der Waals surface area contributed by atoms with E-state index in [0.717, 1.165) is 0 Å². The maximum atomic E-state index is 9.64. The molecule has 0 aliphatic carbocycles. The Morgan fingerprint density at radius 2 is 2.12 bits per heavy atom. The Morgan fingerprint density at radius 3 is 2.12 bits per heavy atom. The summed E-state index contributed by atoms with van der Waals surface area (Å²) in [5, 5.41) is 9.64. The van der Waals surface area contributed by atoms with Gasteiger partial charge in [0.05, 0.1) is 0 Å². The van der Waals surface area contributed by atoms with E-state index in [1.807, 2.05) is 0 Å². The number of hydrogen-bond acceptors (Lipinski definition) is 2. The SMILES string of the molecule is C=C(C)CC(=O)[O-].[K+]. The van der Waals surface area contributed by atoms with E-state index in [2.05, 4.69) is 6.58 Å². The molecule has 8 heavy (non-hydrogen) atoms. The Morgan fingerprint density at radius 1 is 1.75 bits per heavy atom. The van der Waals surface area contributed by atoms with E-state index in [4.69, 9.17) is 0 Å². The molecular formula is C5H7KO2. The monoisotopic (exact) mass is 138 g/mol. The minimum atomic E-state index is -1.06. The Bertz CT molecular complexity index is 86.6. The van der Waals surface area contributed by atoms with Gasteiger partial charge in [-0.1, -0.05) is 12.2 Å². The van der Waals surface area contributed by atoms with Crippen molar-refractivity contribution in [3.05, 3.63) is 12.2 Å². The largest absolute Gasteiger partial charge is 1.00 e. The fourth-order valence-corrected chi connectivity index (χ4v) is 0.246. The Kier molecular flexibility index (Phi) is 8.68. The first-order chi connectivity index (χ1) is 3.13. The van der Waals surface area contributed by atoms with Crippen molar-refractivity contribution in [2.45, 2.75) is 13.3 Å². The molecule has 0 aliphatic heterocycles. The van der Waals surface area contributed by atoms with Gasteiger partial charge in [0.1, 0.15) is 0 Å². The van der Waals surface area contributed by atoms with Crippen molar-refractivity contribution < 1.29 is 61.3 Å². The smallest absolute Gasteiger partial charge is 0.550 e. The first-order valence-corrected chi connectivity index (χ1v) is 1.97. The average molecular weight is 138 g/mol. The molecule has 0 atom stereocenters. The molecule has 0 unspecified atom stereocenters. The van der Waals surface area contributed by atoms with Crippen LogP contribution in [0, 0.1) is 0 Å². The van der Waals surface area contributed by atoms with Crippen molar-refractivity contribution in [2.75, 3.05) is 0 Å². The quantitative estimate of drug-likeness (QED) is 0.296. The molecule has 0 fully saturated rings. The van der Waals surface area contributed by atoms with Gasteiger partial charge < -0.3 is 9.90 Å². The number of aliphatic carboxylic acids is 1. The van der Waals surface area contributed by atoms with Gasteiger partial charge in [-0.05, 0) is 6.92 Å². The number of hydrogen-bond donors (Lipinski definition) is 0. The average Bonchev–Trinajstić information content (AvgIpc) is 1.27. The molecule has 0 aromatic rings. The van der Waals surface area contributed by atoms with E-state index in [0.29, 0.717) is 5.57 Å². The topological polar surface area (TPSA) is 40.1 Å². The van der Waals surface area contributed by atoms with Crippen LogP contribution in [-0.4, -0.2) is 5.97 Å². The number of carboxylic acid groups (broad SMARTS) is 1. The molecule has 3 heteroatoms. The van der Waals surface area contributed by atoms with Crippen LogP contribution in [0.3, 0.4) is 0 Å². The second-order valence-corrected chi connectivity index (χ2v) is 1.51. The van der Waals surface area contributed by atoms with Crippen molar-refractivity contribution in [3.8, 4) is 0 Å². The predicted molar refractivity (Wildman–Crippen MR) is 24.4 cm³/mol. The van der Waals surface area contributed by atoms with Crippen LogP contribution >= 0.6 is 0 Å². The summed E-state index contributed by atoms with van der Waals surface area (Å²) in [6.45, 7) is 5.02. The number of carboxylic acids is 1. The minimum absolute atomic E-state index is 0. The molecule has 0 N–H and O–H groups in total. The summed E-state index contributed by atoms with van der Waals surface area (Å²) in [5.74, 6) is -1.06. The molecule has 0 bridgehead atoms. The molecule has 0 aliphatic rings. The van der Waals surface area contributed by atoms with Crippen LogP contribution in [0.4, 0.5) is 0 Å². The standard InChI is InChI=1S/C5H8O2.K/c1-4(2)3-5(6)7;/h1,3H2,2H3,(H,6,7);/q;+1/p-1. The zero-order chi connectivity index (χ0) is 5.86. The van der Waals surface area contributed by atoms with Gasteiger partial charge in [-0.3, -0.25) is 0 Å². The first-order valence-electron chi connectivity index (χ1n) is 1.97. The number of rotatable bonds is 2.